The lowest BCUT2D eigenvalue weighted by atomic mass is 9.77. The van der Waals surface area contributed by atoms with Gasteiger partial charge in [-0.05, 0) is 68.0 Å². The molecule has 176 valence electrons. The van der Waals surface area contributed by atoms with Crippen LogP contribution in [0.4, 0.5) is 5.13 Å². The second-order valence-electron chi connectivity index (χ2n) is 9.33. The van der Waals surface area contributed by atoms with Gasteiger partial charge >= 0.3 is 0 Å². The first-order chi connectivity index (χ1) is 16.5. The number of nitrogens with zero attached hydrogens (tertiary/aromatic N) is 4. The minimum Gasteiger partial charge on any atom is -0.337 e. The molecule has 5 rings (SSSR count). The van der Waals surface area contributed by atoms with Crippen LogP contribution in [0.3, 0.4) is 0 Å². The molecule has 2 heterocycles. The van der Waals surface area contributed by atoms with Crippen LogP contribution in [0, 0.1) is 13.8 Å². The summed E-state index contributed by atoms with van der Waals surface area (Å²) in [5.74, 6) is 0.159. The zero-order valence-electron chi connectivity index (χ0n) is 19.6. The third-order valence-corrected chi connectivity index (χ3v) is 8.39. The molecule has 1 aliphatic carbocycles. The number of benzene rings is 2. The van der Waals surface area contributed by atoms with Crippen molar-refractivity contribution in [2.75, 3.05) is 11.4 Å². The fourth-order valence-corrected chi connectivity index (χ4v) is 6.39. The molecule has 2 aromatic heterocycles. The SMILES string of the molecule is Cc1cc(C)c2sc(N(CCCn3ccnc3)C(=O)C3(c4ccc(Cl)cc4)CCCC3)nc2c1. The quantitative estimate of drug-likeness (QED) is 0.288. The molecule has 1 saturated carbocycles. The summed E-state index contributed by atoms with van der Waals surface area (Å²) in [7, 11) is 0. The van der Waals surface area contributed by atoms with Gasteiger partial charge in [0.15, 0.2) is 5.13 Å². The maximum atomic E-state index is 14.4. The Labute approximate surface area is 209 Å². The average molecular weight is 493 g/mol. The van der Waals surface area contributed by atoms with Gasteiger partial charge in [0.25, 0.3) is 0 Å². The molecule has 0 spiro atoms. The number of aryl methyl sites for hydroxylation is 3. The Kier molecular flexibility index (Phi) is 6.45. The largest absolute Gasteiger partial charge is 0.337 e. The highest BCUT2D eigenvalue weighted by atomic mass is 35.5. The lowest BCUT2D eigenvalue weighted by Crippen LogP contribution is -2.46. The van der Waals surface area contributed by atoms with E-state index in [0.717, 1.165) is 59.6 Å². The van der Waals surface area contributed by atoms with Crippen LogP contribution in [0.15, 0.2) is 55.1 Å². The van der Waals surface area contributed by atoms with E-state index in [4.69, 9.17) is 16.6 Å². The second kappa shape index (κ2) is 9.51. The number of rotatable bonds is 7. The zero-order valence-corrected chi connectivity index (χ0v) is 21.2. The Morgan fingerprint density at radius 1 is 1.18 bits per heavy atom. The van der Waals surface area contributed by atoms with Crippen LogP contribution in [-0.4, -0.2) is 27.0 Å². The van der Waals surface area contributed by atoms with E-state index in [2.05, 4.69) is 35.5 Å². The zero-order chi connectivity index (χ0) is 23.7. The molecule has 0 atom stereocenters. The van der Waals surface area contributed by atoms with Gasteiger partial charge in [-0.25, -0.2) is 9.97 Å². The van der Waals surface area contributed by atoms with Crippen molar-refractivity contribution in [2.45, 2.75) is 57.9 Å². The first kappa shape index (κ1) is 23.1. The fourth-order valence-electron chi connectivity index (χ4n) is 5.23. The number of anilines is 1. The summed E-state index contributed by atoms with van der Waals surface area (Å²) in [6.45, 7) is 5.63. The molecule has 0 bridgehead atoms. The highest BCUT2D eigenvalue weighted by Crippen LogP contribution is 2.44. The molecule has 5 nitrogen and oxygen atoms in total. The molecule has 0 radical (unpaired) electrons. The molecule has 0 unspecified atom stereocenters. The van der Waals surface area contributed by atoms with Crippen molar-refractivity contribution in [1.82, 2.24) is 14.5 Å². The van der Waals surface area contributed by atoms with E-state index < -0.39 is 5.41 Å². The lowest BCUT2D eigenvalue weighted by Gasteiger charge is -2.34. The third kappa shape index (κ3) is 4.37. The van der Waals surface area contributed by atoms with Gasteiger partial charge in [0.1, 0.15) is 0 Å². The van der Waals surface area contributed by atoms with Crippen molar-refractivity contribution in [1.29, 1.82) is 0 Å². The molecule has 2 aromatic carbocycles. The van der Waals surface area contributed by atoms with E-state index in [0.29, 0.717) is 11.6 Å². The number of hydrogen-bond donors (Lipinski definition) is 0. The molecule has 0 N–H and O–H groups in total. The minimum atomic E-state index is -0.525. The first-order valence-electron chi connectivity index (χ1n) is 11.9. The van der Waals surface area contributed by atoms with E-state index in [1.165, 1.54) is 11.1 Å². The van der Waals surface area contributed by atoms with Crippen LogP contribution >= 0.6 is 22.9 Å². The third-order valence-electron chi connectivity index (χ3n) is 6.91. The number of aromatic nitrogens is 3. The Morgan fingerprint density at radius 2 is 1.94 bits per heavy atom. The normalized spacial score (nSPS) is 15.1. The maximum absolute atomic E-state index is 14.4. The van der Waals surface area contributed by atoms with Crippen molar-refractivity contribution in [3.8, 4) is 0 Å². The average Bonchev–Trinajstić information content (AvgIpc) is 3.58. The van der Waals surface area contributed by atoms with Gasteiger partial charge in [0, 0.05) is 30.5 Å². The number of amides is 1. The Balaban J connectivity index is 1.53. The summed E-state index contributed by atoms with van der Waals surface area (Å²) in [5.41, 5.74) is 3.90. The molecule has 7 heteroatoms. The molecular formula is C27H29ClN4OS. The summed E-state index contributed by atoms with van der Waals surface area (Å²) in [5, 5.41) is 1.48. The van der Waals surface area contributed by atoms with Crippen LogP contribution in [0.25, 0.3) is 10.2 Å². The summed E-state index contributed by atoms with van der Waals surface area (Å²) in [4.78, 5) is 25.5. The first-order valence-corrected chi connectivity index (χ1v) is 13.1. The van der Waals surface area contributed by atoms with Gasteiger partial charge < -0.3 is 4.57 Å². The molecule has 34 heavy (non-hydrogen) atoms. The molecule has 0 saturated heterocycles. The topological polar surface area (TPSA) is 51.0 Å². The molecular weight excluding hydrogens is 464 g/mol. The number of fused-ring (bicyclic) bond motifs is 1. The van der Waals surface area contributed by atoms with Gasteiger partial charge in [-0.1, -0.05) is 54.0 Å². The number of carbonyl (C=O) groups excluding carboxylic acids is 1. The minimum absolute atomic E-state index is 0.159. The molecule has 1 fully saturated rings. The van der Waals surface area contributed by atoms with Crippen LogP contribution in [0.1, 0.15) is 48.8 Å². The fraction of sp³-hybridized carbons (Fsp3) is 0.370. The number of halogens is 1. The molecule has 1 aliphatic rings. The van der Waals surface area contributed by atoms with Crippen molar-refractivity contribution in [3.05, 3.63) is 76.8 Å². The van der Waals surface area contributed by atoms with Gasteiger partial charge in [-0.3, -0.25) is 9.69 Å². The number of thiazole rings is 1. The second-order valence-corrected chi connectivity index (χ2v) is 10.7. The van der Waals surface area contributed by atoms with Crippen molar-refractivity contribution in [2.24, 2.45) is 0 Å². The van der Waals surface area contributed by atoms with Crippen LogP contribution < -0.4 is 4.90 Å². The number of imidazole rings is 1. The van der Waals surface area contributed by atoms with Gasteiger partial charge in [0.05, 0.1) is 22.0 Å². The summed E-state index contributed by atoms with van der Waals surface area (Å²) >= 11 is 7.81. The highest BCUT2D eigenvalue weighted by Gasteiger charge is 2.45. The molecule has 0 aliphatic heterocycles. The summed E-state index contributed by atoms with van der Waals surface area (Å²) in [6, 6.07) is 12.2. The predicted octanol–water partition coefficient (Wildman–Crippen LogP) is 6.70. The van der Waals surface area contributed by atoms with E-state index >= 15 is 0 Å². The lowest BCUT2D eigenvalue weighted by molar-refractivity contribution is -0.124. The van der Waals surface area contributed by atoms with E-state index in [9.17, 15) is 4.79 Å². The number of hydrogen-bond acceptors (Lipinski definition) is 4. The standard InChI is InChI=1S/C27H29ClN4OS/c1-19-16-20(2)24-23(17-19)30-26(34-24)32(14-5-13-31-15-12-29-18-31)25(33)27(10-3-4-11-27)21-6-8-22(28)9-7-21/h6-9,12,15-18H,3-5,10-11,13-14H2,1-2H3. The summed E-state index contributed by atoms with van der Waals surface area (Å²) in [6.07, 6.45) is 10.2. The highest BCUT2D eigenvalue weighted by molar-refractivity contribution is 7.22. The maximum Gasteiger partial charge on any atom is 0.239 e. The Hall–Kier alpha value is -2.70. The Morgan fingerprint density at radius 3 is 2.65 bits per heavy atom. The van der Waals surface area contributed by atoms with E-state index in [1.807, 2.05) is 41.7 Å². The molecule has 1 amide bonds. The van der Waals surface area contributed by atoms with E-state index in [-0.39, 0.29) is 5.91 Å². The van der Waals surface area contributed by atoms with Crippen LogP contribution in [0.2, 0.25) is 5.02 Å². The van der Waals surface area contributed by atoms with Crippen molar-refractivity contribution in [3.63, 3.8) is 0 Å². The smallest absolute Gasteiger partial charge is 0.239 e. The van der Waals surface area contributed by atoms with Gasteiger partial charge in [-0.15, -0.1) is 0 Å². The monoisotopic (exact) mass is 492 g/mol. The number of carbonyl (C=O) groups is 1. The van der Waals surface area contributed by atoms with E-state index in [1.54, 1.807) is 17.5 Å². The summed E-state index contributed by atoms with van der Waals surface area (Å²) < 4.78 is 3.21. The van der Waals surface area contributed by atoms with Crippen LogP contribution in [-0.2, 0) is 16.8 Å². The Bertz CT molecular complexity index is 1290. The van der Waals surface area contributed by atoms with Crippen molar-refractivity contribution < 1.29 is 4.79 Å². The van der Waals surface area contributed by atoms with Crippen molar-refractivity contribution >= 4 is 44.2 Å². The predicted molar refractivity (Wildman–Crippen MR) is 140 cm³/mol. The van der Waals surface area contributed by atoms with Crippen LogP contribution in [0.5, 0.6) is 0 Å². The van der Waals surface area contributed by atoms with Gasteiger partial charge in [0.2, 0.25) is 5.91 Å². The molecule has 4 aromatic rings. The van der Waals surface area contributed by atoms with Gasteiger partial charge in [-0.2, -0.15) is 0 Å².